The quantitative estimate of drug-likeness (QED) is 0.503. The molecule has 1 atom stereocenters. The lowest BCUT2D eigenvalue weighted by Crippen LogP contribution is -2.37. The van der Waals surface area contributed by atoms with E-state index in [9.17, 15) is 13.2 Å². The summed E-state index contributed by atoms with van der Waals surface area (Å²) in [5.74, 6) is 0.643. The Kier molecular flexibility index (Phi) is 9.29. The van der Waals surface area contributed by atoms with Gasteiger partial charge in [0.05, 0.1) is 18.0 Å². The minimum Gasteiger partial charge on any atom is -0.492 e. The number of benzene rings is 2. The topological polar surface area (TPSA) is 87.7 Å². The molecule has 30 heavy (non-hydrogen) atoms. The number of hydrogen-bond acceptors (Lipinski definition) is 5. The number of nitrogens with zero attached hydrogens (tertiary/aromatic N) is 1. The van der Waals surface area contributed by atoms with Crippen LogP contribution in [0.25, 0.3) is 0 Å². The number of carbonyl (C=O) groups is 1. The summed E-state index contributed by atoms with van der Waals surface area (Å²) in [6.45, 7) is 7.41. The molecule has 0 aliphatic heterocycles. The number of ether oxygens (including phenoxy) is 1. The Balaban J connectivity index is 1.77. The average molecular weight is 434 g/mol. The van der Waals surface area contributed by atoms with Crippen LogP contribution in [0.15, 0.2) is 59.5 Å². The molecule has 164 valence electrons. The average Bonchev–Trinajstić information content (AvgIpc) is 2.76. The van der Waals surface area contributed by atoms with E-state index in [4.69, 9.17) is 4.74 Å². The molecule has 0 saturated heterocycles. The highest BCUT2D eigenvalue weighted by atomic mass is 32.2. The Hall–Kier alpha value is -2.42. The molecule has 0 fully saturated rings. The highest BCUT2D eigenvalue weighted by Crippen LogP contribution is 2.19. The first-order valence-corrected chi connectivity index (χ1v) is 11.6. The number of amides is 1. The van der Waals surface area contributed by atoms with E-state index in [0.717, 1.165) is 11.3 Å². The number of rotatable bonds is 12. The van der Waals surface area contributed by atoms with Crippen LogP contribution in [-0.2, 0) is 14.8 Å². The van der Waals surface area contributed by atoms with E-state index >= 15 is 0 Å². The van der Waals surface area contributed by atoms with Gasteiger partial charge in [-0.15, -0.1) is 0 Å². The first-order valence-electron chi connectivity index (χ1n) is 10.2. The van der Waals surface area contributed by atoms with Gasteiger partial charge >= 0.3 is 0 Å². The molecule has 2 N–H and O–H groups in total. The highest BCUT2D eigenvalue weighted by molar-refractivity contribution is 7.89. The standard InChI is InChI=1S/C22H31N3O4S/c1-4-25(5-2)30(27,28)21-13-11-19(12-14-21)18(3)24-17-22(26)23-15-16-29-20-9-7-6-8-10-20/h6-14,18,24H,4-5,15-17H2,1-3H3,(H,23,26)/t18-/m1/s1. The summed E-state index contributed by atoms with van der Waals surface area (Å²) in [7, 11) is -3.47. The number of para-hydroxylation sites is 1. The Morgan fingerprint density at radius 1 is 1.03 bits per heavy atom. The molecular weight excluding hydrogens is 402 g/mol. The predicted octanol–water partition coefficient (Wildman–Crippen LogP) is 2.56. The second-order valence-corrected chi connectivity index (χ2v) is 8.71. The van der Waals surface area contributed by atoms with E-state index in [0.29, 0.717) is 26.2 Å². The first-order chi connectivity index (χ1) is 14.4. The van der Waals surface area contributed by atoms with Gasteiger partial charge in [0.2, 0.25) is 15.9 Å². The summed E-state index contributed by atoms with van der Waals surface area (Å²) < 4.78 is 32.1. The molecule has 0 spiro atoms. The lowest BCUT2D eigenvalue weighted by molar-refractivity contribution is -0.120. The van der Waals surface area contributed by atoms with Crippen LogP contribution in [-0.4, -0.2) is 51.4 Å². The lowest BCUT2D eigenvalue weighted by atomic mass is 10.1. The predicted molar refractivity (Wildman–Crippen MR) is 118 cm³/mol. The summed E-state index contributed by atoms with van der Waals surface area (Å²) in [6, 6.07) is 16.1. The molecule has 0 saturated carbocycles. The first kappa shape index (κ1) is 23.9. The van der Waals surface area contributed by atoms with Crippen molar-refractivity contribution in [3.05, 3.63) is 60.2 Å². The van der Waals surface area contributed by atoms with Crippen LogP contribution in [0.1, 0.15) is 32.4 Å². The van der Waals surface area contributed by atoms with Crippen molar-refractivity contribution in [2.45, 2.75) is 31.7 Å². The van der Waals surface area contributed by atoms with Gasteiger partial charge in [-0.05, 0) is 36.8 Å². The molecule has 2 rings (SSSR count). The molecule has 0 unspecified atom stereocenters. The lowest BCUT2D eigenvalue weighted by Gasteiger charge is -2.19. The van der Waals surface area contributed by atoms with Crippen molar-refractivity contribution < 1.29 is 17.9 Å². The maximum atomic E-state index is 12.6. The van der Waals surface area contributed by atoms with Crippen LogP contribution in [0.3, 0.4) is 0 Å². The zero-order valence-corrected chi connectivity index (χ0v) is 18.6. The van der Waals surface area contributed by atoms with Gasteiger partial charge in [-0.1, -0.05) is 44.2 Å². The van der Waals surface area contributed by atoms with E-state index in [1.165, 1.54) is 4.31 Å². The summed E-state index contributed by atoms with van der Waals surface area (Å²) in [5.41, 5.74) is 0.911. The van der Waals surface area contributed by atoms with Gasteiger partial charge in [-0.3, -0.25) is 4.79 Å². The Bertz CT molecular complexity index is 882. The summed E-state index contributed by atoms with van der Waals surface area (Å²) in [6.07, 6.45) is 0. The smallest absolute Gasteiger partial charge is 0.243 e. The zero-order valence-electron chi connectivity index (χ0n) is 17.8. The van der Waals surface area contributed by atoms with Crippen LogP contribution >= 0.6 is 0 Å². The molecule has 2 aromatic rings. The number of sulfonamides is 1. The number of nitrogens with one attached hydrogen (secondary N) is 2. The molecule has 0 aromatic heterocycles. The fourth-order valence-corrected chi connectivity index (χ4v) is 4.40. The van der Waals surface area contributed by atoms with Gasteiger partial charge in [0, 0.05) is 19.1 Å². The fraction of sp³-hybridized carbons (Fsp3) is 0.409. The van der Waals surface area contributed by atoms with Crippen molar-refractivity contribution in [2.24, 2.45) is 0 Å². The van der Waals surface area contributed by atoms with E-state index in [1.54, 1.807) is 24.3 Å². The van der Waals surface area contributed by atoms with Crippen LogP contribution in [0.2, 0.25) is 0 Å². The van der Waals surface area contributed by atoms with Gasteiger partial charge in [0.15, 0.2) is 0 Å². The Morgan fingerprint density at radius 2 is 1.67 bits per heavy atom. The van der Waals surface area contributed by atoms with Crippen molar-refractivity contribution in [3.63, 3.8) is 0 Å². The summed E-state index contributed by atoms with van der Waals surface area (Å²) >= 11 is 0. The largest absolute Gasteiger partial charge is 0.492 e. The highest BCUT2D eigenvalue weighted by Gasteiger charge is 2.21. The molecule has 7 nitrogen and oxygen atoms in total. The van der Waals surface area contributed by atoms with Crippen molar-refractivity contribution in [1.82, 2.24) is 14.9 Å². The van der Waals surface area contributed by atoms with Gasteiger partial charge < -0.3 is 15.4 Å². The molecule has 0 aliphatic carbocycles. The Labute approximate surface area is 179 Å². The second-order valence-electron chi connectivity index (χ2n) is 6.77. The minimum atomic E-state index is -3.47. The molecular formula is C22H31N3O4S. The second kappa shape index (κ2) is 11.7. The zero-order chi connectivity index (χ0) is 22.0. The summed E-state index contributed by atoms with van der Waals surface area (Å²) in [4.78, 5) is 12.3. The van der Waals surface area contributed by atoms with Gasteiger partial charge in [0.1, 0.15) is 12.4 Å². The molecule has 0 bridgehead atoms. The van der Waals surface area contributed by atoms with Gasteiger partial charge in [-0.25, -0.2) is 8.42 Å². The van der Waals surface area contributed by atoms with Crippen LogP contribution in [0.5, 0.6) is 5.75 Å². The maximum Gasteiger partial charge on any atom is 0.243 e. The third-order valence-electron chi connectivity index (χ3n) is 4.73. The third kappa shape index (κ3) is 6.83. The van der Waals surface area contributed by atoms with Crippen LogP contribution in [0, 0.1) is 0 Å². The SMILES string of the molecule is CCN(CC)S(=O)(=O)c1ccc([C@@H](C)NCC(=O)NCCOc2ccccc2)cc1. The monoisotopic (exact) mass is 433 g/mol. The molecule has 0 radical (unpaired) electrons. The molecule has 1 amide bonds. The van der Waals surface area contributed by atoms with Crippen molar-refractivity contribution in [1.29, 1.82) is 0 Å². The molecule has 0 heterocycles. The number of carbonyl (C=O) groups excluding carboxylic acids is 1. The normalized spacial score (nSPS) is 12.5. The maximum absolute atomic E-state index is 12.6. The molecule has 2 aromatic carbocycles. The van der Waals surface area contributed by atoms with Crippen molar-refractivity contribution in [2.75, 3.05) is 32.8 Å². The van der Waals surface area contributed by atoms with E-state index in [1.807, 2.05) is 51.1 Å². The third-order valence-corrected chi connectivity index (χ3v) is 6.79. The number of hydrogen-bond donors (Lipinski definition) is 2. The Morgan fingerprint density at radius 3 is 2.27 bits per heavy atom. The van der Waals surface area contributed by atoms with Crippen molar-refractivity contribution in [3.8, 4) is 5.75 Å². The fourth-order valence-electron chi connectivity index (χ4n) is 2.94. The van der Waals surface area contributed by atoms with Crippen LogP contribution < -0.4 is 15.4 Å². The molecule has 0 aliphatic rings. The van der Waals surface area contributed by atoms with Crippen molar-refractivity contribution >= 4 is 15.9 Å². The molecule has 8 heteroatoms. The van der Waals surface area contributed by atoms with E-state index < -0.39 is 10.0 Å². The van der Waals surface area contributed by atoms with E-state index in [2.05, 4.69) is 10.6 Å². The van der Waals surface area contributed by atoms with Gasteiger partial charge in [-0.2, -0.15) is 4.31 Å². The van der Waals surface area contributed by atoms with Gasteiger partial charge in [0.25, 0.3) is 0 Å². The van der Waals surface area contributed by atoms with E-state index in [-0.39, 0.29) is 23.4 Å². The van der Waals surface area contributed by atoms with Crippen LogP contribution in [0.4, 0.5) is 0 Å². The minimum absolute atomic E-state index is 0.0958. The summed E-state index contributed by atoms with van der Waals surface area (Å²) in [5, 5.41) is 5.95.